The van der Waals surface area contributed by atoms with Gasteiger partial charge in [0, 0.05) is 12.3 Å². The first kappa shape index (κ1) is 23.0. The number of amides is 2. The summed E-state index contributed by atoms with van der Waals surface area (Å²) in [7, 11) is 0. The van der Waals surface area contributed by atoms with Crippen LogP contribution in [0, 0.1) is 5.92 Å². The van der Waals surface area contributed by atoms with Crippen molar-refractivity contribution in [2.45, 2.75) is 44.8 Å². The molecule has 0 saturated carbocycles. The van der Waals surface area contributed by atoms with E-state index in [9.17, 15) is 19.5 Å². The Bertz CT molecular complexity index is 496. The van der Waals surface area contributed by atoms with Gasteiger partial charge in [-0.3, -0.25) is 14.6 Å². The largest absolute Gasteiger partial charge is 0.480 e. The number of carbonyl (C=O) groups is 3. The fourth-order valence-corrected chi connectivity index (χ4v) is 2.06. The van der Waals surface area contributed by atoms with Crippen molar-refractivity contribution < 1.29 is 19.5 Å². The lowest BCUT2D eigenvalue weighted by molar-refractivity contribution is -0.142. The minimum absolute atomic E-state index is 0.00271. The highest BCUT2D eigenvalue weighted by Crippen LogP contribution is 2.02. The van der Waals surface area contributed by atoms with Gasteiger partial charge in [0.05, 0.1) is 6.04 Å². The zero-order valence-corrected chi connectivity index (χ0v) is 15.3. The number of guanidine groups is 1. The van der Waals surface area contributed by atoms with Gasteiger partial charge in [0.25, 0.3) is 0 Å². The van der Waals surface area contributed by atoms with Crippen LogP contribution in [0.2, 0.25) is 0 Å². The maximum Gasteiger partial charge on any atom is 0.326 e. The van der Waals surface area contributed by atoms with Crippen molar-refractivity contribution in [1.29, 1.82) is 0 Å². The summed E-state index contributed by atoms with van der Waals surface area (Å²) in [5, 5.41) is 14.1. The third kappa shape index (κ3) is 9.15. The van der Waals surface area contributed by atoms with Gasteiger partial charge >= 0.3 is 5.97 Å². The Kier molecular flexibility index (Phi) is 10.6. The van der Waals surface area contributed by atoms with Crippen LogP contribution < -0.4 is 27.8 Å². The van der Waals surface area contributed by atoms with Gasteiger partial charge in [-0.25, -0.2) is 4.79 Å². The maximum atomic E-state index is 12.2. The predicted molar refractivity (Wildman–Crippen MR) is 98.1 cm³/mol. The molecule has 9 N–H and O–H groups in total. The first-order valence-corrected chi connectivity index (χ1v) is 8.48. The van der Waals surface area contributed by atoms with Crippen LogP contribution in [0.15, 0.2) is 4.99 Å². The second-order valence-corrected chi connectivity index (χ2v) is 6.23. The minimum Gasteiger partial charge on any atom is -0.480 e. The summed E-state index contributed by atoms with van der Waals surface area (Å²) >= 11 is 4.02. The lowest BCUT2D eigenvalue weighted by Gasteiger charge is -2.22. The smallest absolute Gasteiger partial charge is 0.326 e. The molecule has 0 aromatic rings. The number of nitrogens with two attached hydrogens (primary N) is 3. The molecule has 0 fully saturated rings. The molecule has 0 unspecified atom stereocenters. The molecular formula is C14H28N6O4S. The topological polar surface area (TPSA) is 186 Å². The number of aliphatic imine (C=N–C) groups is 1. The number of rotatable bonds is 11. The van der Waals surface area contributed by atoms with Crippen LogP contribution in [0.1, 0.15) is 26.7 Å². The normalized spacial score (nSPS) is 14.3. The average molecular weight is 376 g/mol. The van der Waals surface area contributed by atoms with Gasteiger partial charge in [0.15, 0.2) is 5.96 Å². The first-order valence-electron chi connectivity index (χ1n) is 7.85. The third-order valence-electron chi connectivity index (χ3n) is 3.40. The van der Waals surface area contributed by atoms with Crippen molar-refractivity contribution in [3.05, 3.63) is 0 Å². The molecule has 144 valence electrons. The van der Waals surface area contributed by atoms with E-state index in [2.05, 4.69) is 28.3 Å². The van der Waals surface area contributed by atoms with Crippen LogP contribution in [0.3, 0.4) is 0 Å². The van der Waals surface area contributed by atoms with E-state index in [4.69, 9.17) is 17.2 Å². The standard InChI is InChI=1S/C14H28N6O4S/c1-7(2)10(15)12(22)20-9(6-25)11(21)19-8(13(23)24)4-3-5-18-14(16)17/h7-10,25H,3-6,15H2,1-2H3,(H,19,21)(H,20,22)(H,23,24)(H4,16,17,18)/t8-,9-,10-/m0/s1. The summed E-state index contributed by atoms with van der Waals surface area (Å²) < 4.78 is 0. The van der Waals surface area contributed by atoms with E-state index in [-0.39, 0.29) is 30.6 Å². The highest BCUT2D eigenvalue weighted by atomic mass is 32.1. The van der Waals surface area contributed by atoms with E-state index in [1.807, 2.05) is 0 Å². The molecule has 0 aliphatic carbocycles. The molecule has 25 heavy (non-hydrogen) atoms. The van der Waals surface area contributed by atoms with Crippen molar-refractivity contribution in [1.82, 2.24) is 10.6 Å². The van der Waals surface area contributed by atoms with E-state index >= 15 is 0 Å². The van der Waals surface area contributed by atoms with Crippen LogP contribution in [-0.4, -0.2) is 59.3 Å². The number of thiol groups is 1. The number of hydrogen-bond acceptors (Lipinski definition) is 6. The predicted octanol–water partition coefficient (Wildman–Crippen LogP) is -1.99. The Hall–Kier alpha value is -2.01. The minimum atomic E-state index is -1.19. The molecule has 0 saturated heterocycles. The number of hydrogen-bond donors (Lipinski definition) is 7. The molecule has 11 heteroatoms. The van der Waals surface area contributed by atoms with Crippen molar-refractivity contribution in [2.75, 3.05) is 12.3 Å². The van der Waals surface area contributed by atoms with Gasteiger partial charge in [-0.2, -0.15) is 12.6 Å². The zero-order valence-electron chi connectivity index (χ0n) is 14.4. The van der Waals surface area contributed by atoms with Crippen molar-refractivity contribution in [3.8, 4) is 0 Å². The van der Waals surface area contributed by atoms with Crippen molar-refractivity contribution in [3.63, 3.8) is 0 Å². The van der Waals surface area contributed by atoms with E-state index < -0.39 is 35.9 Å². The molecule has 0 bridgehead atoms. The summed E-state index contributed by atoms with van der Waals surface area (Å²) in [4.78, 5) is 39.2. The number of carboxylic acid groups (broad SMARTS) is 1. The highest BCUT2D eigenvalue weighted by Gasteiger charge is 2.27. The molecule has 0 aromatic carbocycles. The van der Waals surface area contributed by atoms with Crippen LogP contribution in [0.25, 0.3) is 0 Å². The molecule has 0 radical (unpaired) electrons. The van der Waals surface area contributed by atoms with Gasteiger partial charge in [-0.15, -0.1) is 0 Å². The summed E-state index contributed by atoms with van der Waals surface area (Å²) in [5.74, 6) is -2.53. The Labute approximate surface area is 152 Å². The Morgan fingerprint density at radius 2 is 1.68 bits per heavy atom. The summed E-state index contributed by atoms with van der Waals surface area (Å²) in [6.07, 6.45) is 0.502. The van der Waals surface area contributed by atoms with Crippen LogP contribution in [0.4, 0.5) is 0 Å². The molecular weight excluding hydrogens is 348 g/mol. The molecule has 0 aromatic heterocycles. The molecule has 0 heterocycles. The Morgan fingerprint density at radius 3 is 2.12 bits per heavy atom. The quantitative estimate of drug-likeness (QED) is 0.0940. The molecule has 0 rings (SSSR count). The first-order chi connectivity index (χ1) is 11.6. The van der Waals surface area contributed by atoms with Gasteiger partial charge < -0.3 is 32.9 Å². The molecule has 0 aliphatic rings. The number of nitrogens with zero attached hydrogens (tertiary/aromatic N) is 1. The second kappa shape index (κ2) is 11.5. The molecule has 2 amide bonds. The van der Waals surface area contributed by atoms with Gasteiger partial charge in [0.1, 0.15) is 12.1 Å². The second-order valence-electron chi connectivity index (χ2n) is 5.86. The lowest BCUT2D eigenvalue weighted by atomic mass is 10.0. The Balaban J connectivity index is 4.71. The molecule has 0 aliphatic heterocycles. The van der Waals surface area contributed by atoms with E-state index in [1.165, 1.54) is 0 Å². The van der Waals surface area contributed by atoms with Gasteiger partial charge in [-0.05, 0) is 18.8 Å². The van der Waals surface area contributed by atoms with E-state index in [0.29, 0.717) is 6.42 Å². The fourth-order valence-electron chi connectivity index (χ4n) is 1.80. The Morgan fingerprint density at radius 1 is 1.12 bits per heavy atom. The summed E-state index contributed by atoms with van der Waals surface area (Å²) in [6, 6.07) is -2.88. The third-order valence-corrected chi connectivity index (χ3v) is 3.76. The monoisotopic (exact) mass is 376 g/mol. The summed E-state index contributed by atoms with van der Waals surface area (Å²) in [6.45, 7) is 3.80. The van der Waals surface area contributed by atoms with Crippen molar-refractivity contribution >= 4 is 36.4 Å². The van der Waals surface area contributed by atoms with Crippen molar-refractivity contribution in [2.24, 2.45) is 28.1 Å². The maximum absolute atomic E-state index is 12.2. The van der Waals surface area contributed by atoms with Crippen LogP contribution >= 0.6 is 12.6 Å². The van der Waals surface area contributed by atoms with Crippen LogP contribution in [0.5, 0.6) is 0 Å². The number of carboxylic acids is 1. The highest BCUT2D eigenvalue weighted by molar-refractivity contribution is 7.80. The van der Waals surface area contributed by atoms with E-state index in [0.717, 1.165) is 0 Å². The van der Waals surface area contributed by atoms with E-state index in [1.54, 1.807) is 13.8 Å². The van der Waals surface area contributed by atoms with Crippen LogP contribution in [-0.2, 0) is 14.4 Å². The summed E-state index contributed by atoms with van der Waals surface area (Å²) in [5.41, 5.74) is 16.1. The molecule has 0 spiro atoms. The van der Waals surface area contributed by atoms with Gasteiger partial charge in [0.2, 0.25) is 11.8 Å². The SMILES string of the molecule is CC(C)[C@H](N)C(=O)N[C@@H](CS)C(=O)N[C@@H](CCCN=C(N)N)C(=O)O. The molecule has 3 atom stereocenters. The molecule has 10 nitrogen and oxygen atoms in total. The fraction of sp³-hybridized carbons (Fsp3) is 0.714. The average Bonchev–Trinajstić information content (AvgIpc) is 2.53. The van der Waals surface area contributed by atoms with Gasteiger partial charge in [-0.1, -0.05) is 13.8 Å². The zero-order chi connectivity index (χ0) is 19.6. The number of nitrogens with one attached hydrogen (secondary N) is 2. The lowest BCUT2D eigenvalue weighted by Crippen LogP contribution is -2.56. The number of carbonyl (C=O) groups excluding carboxylic acids is 2. The number of aliphatic carboxylic acids is 1.